The Morgan fingerprint density at radius 3 is 3.00 bits per heavy atom. The molecule has 1 N–H and O–H groups in total. The third-order valence-electron chi connectivity index (χ3n) is 2.95. The Morgan fingerprint density at radius 2 is 2.40 bits per heavy atom. The summed E-state index contributed by atoms with van der Waals surface area (Å²) in [6, 6.07) is 0.605. The minimum atomic E-state index is 0.605. The standard InChI is InChI=1S/C13H23NO/c1-3-5-6-7-13(14-9-4-2)12-8-10-15-11-12/h12-14H,4,6-11H2,1-2H3. The lowest BCUT2D eigenvalue weighted by Crippen LogP contribution is -2.37. The molecule has 0 aliphatic carbocycles. The van der Waals surface area contributed by atoms with E-state index >= 15 is 0 Å². The van der Waals surface area contributed by atoms with E-state index in [1.165, 1.54) is 12.8 Å². The van der Waals surface area contributed by atoms with Crippen LogP contribution in [0.3, 0.4) is 0 Å². The van der Waals surface area contributed by atoms with Crippen LogP contribution in [0.4, 0.5) is 0 Å². The highest BCUT2D eigenvalue weighted by Gasteiger charge is 2.24. The summed E-state index contributed by atoms with van der Waals surface area (Å²) in [6.45, 7) is 7.10. The van der Waals surface area contributed by atoms with Gasteiger partial charge in [0.15, 0.2) is 0 Å². The molecule has 2 heteroatoms. The van der Waals surface area contributed by atoms with E-state index in [0.717, 1.165) is 32.6 Å². The van der Waals surface area contributed by atoms with Crippen LogP contribution in [0.25, 0.3) is 0 Å². The molecule has 1 rings (SSSR count). The van der Waals surface area contributed by atoms with E-state index in [9.17, 15) is 0 Å². The number of rotatable bonds is 6. The van der Waals surface area contributed by atoms with Gasteiger partial charge in [-0.15, -0.1) is 11.8 Å². The zero-order chi connectivity index (χ0) is 10.9. The average Bonchev–Trinajstić information content (AvgIpc) is 2.76. The molecule has 0 saturated carbocycles. The van der Waals surface area contributed by atoms with E-state index in [-0.39, 0.29) is 0 Å². The molecule has 15 heavy (non-hydrogen) atoms. The summed E-state index contributed by atoms with van der Waals surface area (Å²) in [5, 5.41) is 3.62. The molecule has 0 spiro atoms. The molecule has 2 nitrogen and oxygen atoms in total. The fraction of sp³-hybridized carbons (Fsp3) is 0.846. The Labute approximate surface area is 93.8 Å². The molecule has 1 aliphatic heterocycles. The Morgan fingerprint density at radius 1 is 1.53 bits per heavy atom. The summed E-state index contributed by atoms with van der Waals surface area (Å²) < 4.78 is 5.45. The predicted molar refractivity (Wildman–Crippen MR) is 63.7 cm³/mol. The van der Waals surface area contributed by atoms with Crippen LogP contribution < -0.4 is 5.32 Å². The number of hydrogen-bond acceptors (Lipinski definition) is 2. The Balaban J connectivity index is 2.32. The highest BCUT2D eigenvalue weighted by molar-refractivity contribution is 4.96. The van der Waals surface area contributed by atoms with Crippen molar-refractivity contribution in [3.05, 3.63) is 0 Å². The largest absolute Gasteiger partial charge is 0.381 e. The van der Waals surface area contributed by atoms with E-state index in [1.54, 1.807) is 0 Å². The molecule has 86 valence electrons. The van der Waals surface area contributed by atoms with E-state index in [2.05, 4.69) is 24.1 Å². The summed E-state index contributed by atoms with van der Waals surface area (Å²) in [5.74, 6) is 6.81. The molecule has 1 saturated heterocycles. The van der Waals surface area contributed by atoms with Crippen LogP contribution in [0.15, 0.2) is 0 Å². The minimum Gasteiger partial charge on any atom is -0.381 e. The van der Waals surface area contributed by atoms with Gasteiger partial charge in [-0.25, -0.2) is 0 Å². The van der Waals surface area contributed by atoms with Crippen molar-refractivity contribution in [3.8, 4) is 11.8 Å². The Kier molecular flexibility index (Phi) is 6.47. The highest BCUT2D eigenvalue weighted by Crippen LogP contribution is 2.19. The summed E-state index contributed by atoms with van der Waals surface area (Å²) in [4.78, 5) is 0. The van der Waals surface area contributed by atoms with Crippen molar-refractivity contribution in [1.29, 1.82) is 0 Å². The summed E-state index contributed by atoms with van der Waals surface area (Å²) >= 11 is 0. The topological polar surface area (TPSA) is 21.3 Å². The van der Waals surface area contributed by atoms with Crippen LogP contribution in [-0.2, 0) is 4.74 Å². The van der Waals surface area contributed by atoms with Crippen molar-refractivity contribution < 1.29 is 4.74 Å². The molecule has 1 fully saturated rings. The van der Waals surface area contributed by atoms with Gasteiger partial charge in [-0.2, -0.15) is 0 Å². The van der Waals surface area contributed by atoms with Gasteiger partial charge in [0.25, 0.3) is 0 Å². The second kappa shape index (κ2) is 7.73. The van der Waals surface area contributed by atoms with E-state index in [4.69, 9.17) is 4.74 Å². The molecule has 0 bridgehead atoms. The molecule has 0 aromatic carbocycles. The van der Waals surface area contributed by atoms with Crippen molar-refractivity contribution in [2.45, 2.75) is 45.6 Å². The Hall–Kier alpha value is -0.520. The zero-order valence-electron chi connectivity index (χ0n) is 10.0. The van der Waals surface area contributed by atoms with Gasteiger partial charge in [0.1, 0.15) is 0 Å². The van der Waals surface area contributed by atoms with Crippen LogP contribution >= 0.6 is 0 Å². The molecular weight excluding hydrogens is 186 g/mol. The fourth-order valence-corrected chi connectivity index (χ4v) is 2.06. The summed E-state index contributed by atoms with van der Waals surface area (Å²) in [7, 11) is 0. The smallest absolute Gasteiger partial charge is 0.0510 e. The average molecular weight is 209 g/mol. The first-order valence-electron chi connectivity index (χ1n) is 6.09. The van der Waals surface area contributed by atoms with Crippen LogP contribution in [0.1, 0.15) is 39.5 Å². The molecule has 1 aliphatic rings. The van der Waals surface area contributed by atoms with Crippen molar-refractivity contribution in [1.82, 2.24) is 5.32 Å². The highest BCUT2D eigenvalue weighted by atomic mass is 16.5. The van der Waals surface area contributed by atoms with Gasteiger partial charge < -0.3 is 10.1 Å². The van der Waals surface area contributed by atoms with Gasteiger partial charge >= 0.3 is 0 Å². The third kappa shape index (κ3) is 4.68. The first-order chi connectivity index (χ1) is 7.38. The van der Waals surface area contributed by atoms with Crippen molar-refractivity contribution in [2.24, 2.45) is 5.92 Å². The van der Waals surface area contributed by atoms with Crippen LogP contribution in [0, 0.1) is 17.8 Å². The molecule has 2 unspecified atom stereocenters. The van der Waals surface area contributed by atoms with Crippen molar-refractivity contribution in [3.63, 3.8) is 0 Å². The van der Waals surface area contributed by atoms with Gasteiger partial charge in [-0.1, -0.05) is 6.92 Å². The maximum atomic E-state index is 5.45. The molecule has 0 aromatic heterocycles. The summed E-state index contributed by atoms with van der Waals surface area (Å²) in [5.41, 5.74) is 0. The van der Waals surface area contributed by atoms with Crippen LogP contribution in [-0.4, -0.2) is 25.8 Å². The zero-order valence-corrected chi connectivity index (χ0v) is 10.0. The van der Waals surface area contributed by atoms with Crippen molar-refractivity contribution in [2.75, 3.05) is 19.8 Å². The molecular formula is C13H23NO. The molecule has 1 heterocycles. The van der Waals surface area contributed by atoms with Gasteiger partial charge in [0.05, 0.1) is 6.61 Å². The van der Waals surface area contributed by atoms with Gasteiger partial charge in [-0.05, 0) is 38.6 Å². The van der Waals surface area contributed by atoms with Crippen molar-refractivity contribution >= 4 is 0 Å². The lowest BCUT2D eigenvalue weighted by atomic mass is 9.95. The van der Waals surface area contributed by atoms with Crippen LogP contribution in [0.5, 0.6) is 0 Å². The summed E-state index contributed by atoms with van der Waals surface area (Å²) in [6.07, 6.45) is 4.58. The van der Waals surface area contributed by atoms with Gasteiger partial charge in [0.2, 0.25) is 0 Å². The first-order valence-corrected chi connectivity index (χ1v) is 6.09. The lowest BCUT2D eigenvalue weighted by molar-refractivity contribution is 0.175. The maximum Gasteiger partial charge on any atom is 0.0510 e. The predicted octanol–water partition coefficient (Wildman–Crippen LogP) is 2.19. The minimum absolute atomic E-state index is 0.605. The molecule has 0 radical (unpaired) electrons. The fourth-order valence-electron chi connectivity index (χ4n) is 2.06. The normalized spacial score (nSPS) is 22.1. The first kappa shape index (κ1) is 12.5. The monoisotopic (exact) mass is 209 g/mol. The van der Waals surface area contributed by atoms with E-state index < -0.39 is 0 Å². The van der Waals surface area contributed by atoms with Gasteiger partial charge in [0, 0.05) is 19.1 Å². The SMILES string of the molecule is CC#CCCC(NCCC)C1CCOC1. The number of nitrogens with one attached hydrogen (secondary N) is 1. The molecule has 0 amide bonds. The van der Waals surface area contributed by atoms with Crippen LogP contribution in [0.2, 0.25) is 0 Å². The van der Waals surface area contributed by atoms with Gasteiger partial charge in [-0.3, -0.25) is 0 Å². The second-order valence-corrected chi connectivity index (χ2v) is 4.15. The van der Waals surface area contributed by atoms with E-state index in [0.29, 0.717) is 12.0 Å². The number of hydrogen-bond donors (Lipinski definition) is 1. The molecule has 0 aromatic rings. The third-order valence-corrected chi connectivity index (χ3v) is 2.95. The molecule has 2 atom stereocenters. The second-order valence-electron chi connectivity index (χ2n) is 4.15. The quantitative estimate of drug-likeness (QED) is 0.677. The lowest BCUT2D eigenvalue weighted by Gasteiger charge is -2.22. The maximum absolute atomic E-state index is 5.45. The number of ether oxygens (including phenoxy) is 1. The van der Waals surface area contributed by atoms with E-state index in [1.807, 2.05) is 6.92 Å². The Bertz CT molecular complexity index is 210.